The summed E-state index contributed by atoms with van der Waals surface area (Å²) in [6, 6.07) is 7.98. The van der Waals surface area contributed by atoms with E-state index >= 15 is 0 Å². The Kier molecular flexibility index (Phi) is 4.42. The summed E-state index contributed by atoms with van der Waals surface area (Å²) in [5.74, 6) is 0. The molecular formula is C17H20ClN3. The zero-order valence-corrected chi connectivity index (χ0v) is 12.9. The highest BCUT2D eigenvalue weighted by atomic mass is 35.5. The highest BCUT2D eigenvalue weighted by Gasteiger charge is 2.20. The third-order valence-electron chi connectivity index (χ3n) is 3.92. The van der Waals surface area contributed by atoms with Crippen LogP contribution >= 0.6 is 11.6 Å². The molecule has 0 bridgehead atoms. The molecule has 0 saturated heterocycles. The minimum atomic E-state index is 0.762. The van der Waals surface area contributed by atoms with Gasteiger partial charge < -0.3 is 5.32 Å². The standard InChI is InChI=1S/C17H20ClN3/c1-2-3-12-21-16-9-11-19-10-8-15(16)17(20-21)13-4-6-14(18)7-5-13/h2,4-7,19H,1,3,8-12H2. The lowest BCUT2D eigenvalue weighted by molar-refractivity contribution is 0.585. The molecular weight excluding hydrogens is 282 g/mol. The first-order valence-corrected chi connectivity index (χ1v) is 7.83. The van der Waals surface area contributed by atoms with E-state index in [-0.39, 0.29) is 0 Å². The fourth-order valence-electron chi connectivity index (χ4n) is 2.86. The summed E-state index contributed by atoms with van der Waals surface area (Å²) < 4.78 is 2.16. The molecule has 0 saturated carbocycles. The average Bonchev–Trinajstić information content (AvgIpc) is 2.68. The van der Waals surface area contributed by atoms with Gasteiger partial charge in [-0.15, -0.1) is 6.58 Å². The summed E-state index contributed by atoms with van der Waals surface area (Å²) >= 11 is 6.00. The van der Waals surface area contributed by atoms with E-state index in [0.29, 0.717) is 0 Å². The number of aryl methyl sites for hydroxylation is 1. The zero-order valence-electron chi connectivity index (χ0n) is 12.1. The number of hydrogen-bond donors (Lipinski definition) is 1. The van der Waals surface area contributed by atoms with Crippen molar-refractivity contribution in [1.29, 1.82) is 0 Å². The molecule has 0 amide bonds. The number of allylic oxidation sites excluding steroid dienone is 1. The fourth-order valence-corrected chi connectivity index (χ4v) is 2.99. The minimum Gasteiger partial charge on any atom is -0.316 e. The molecule has 1 N–H and O–H groups in total. The van der Waals surface area contributed by atoms with Crippen molar-refractivity contribution in [3.63, 3.8) is 0 Å². The second-order valence-electron chi connectivity index (χ2n) is 5.33. The van der Waals surface area contributed by atoms with Crippen LogP contribution in [0.3, 0.4) is 0 Å². The van der Waals surface area contributed by atoms with Crippen LogP contribution in [0.15, 0.2) is 36.9 Å². The van der Waals surface area contributed by atoms with E-state index in [1.807, 2.05) is 18.2 Å². The number of rotatable bonds is 4. The Balaban J connectivity index is 2.04. The molecule has 0 aliphatic carbocycles. The van der Waals surface area contributed by atoms with Gasteiger partial charge in [-0.1, -0.05) is 29.8 Å². The highest BCUT2D eigenvalue weighted by molar-refractivity contribution is 6.30. The summed E-state index contributed by atoms with van der Waals surface area (Å²) in [6.45, 7) is 6.75. The Hall–Kier alpha value is -1.58. The summed E-state index contributed by atoms with van der Waals surface area (Å²) in [5, 5.41) is 9.10. The monoisotopic (exact) mass is 301 g/mol. The quantitative estimate of drug-likeness (QED) is 0.876. The molecule has 0 radical (unpaired) electrons. The number of nitrogens with zero attached hydrogens (tertiary/aromatic N) is 2. The summed E-state index contributed by atoms with van der Waals surface area (Å²) in [5.41, 5.74) is 5.00. The molecule has 1 aliphatic rings. The number of fused-ring (bicyclic) bond motifs is 1. The van der Waals surface area contributed by atoms with Crippen LogP contribution in [0.2, 0.25) is 5.02 Å². The summed E-state index contributed by atoms with van der Waals surface area (Å²) in [6.07, 6.45) is 4.96. The van der Waals surface area contributed by atoms with Crippen LogP contribution < -0.4 is 5.32 Å². The van der Waals surface area contributed by atoms with Crippen LogP contribution in [-0.4, -0.2) is 22.9 Å². The van der Waals surface area contributed by atoms with Crippen LogP contribution in [0.1, 0.15) is 17.7 Å². The maximum atomic E-state index is 6.00. The fraction of sp³-hybridized carbons (Fsp3) is 0.353. The van der Waals surface area contributed by atoms with Crippen molar-refractivity contribution in [2.45, 2.75) is 25.8 Å². The first kappa shape index (κ1) is 14.4. The van der Waals surface area contributed by atoms with Crippen molar-refractivity contribution in [3.8, 4) is 11.3 Å². The second kappa shape index (κ2) is 6.46. The predicted molar refractivity (Wildman–Crippen MR) is 87.8 cm³/mol. The predicted octanol–water partition coefficient (Wildman–Crippen LogP) is 3.47. The molecule has 2 heterocycles. The number of benzene rings is 1. The molecule has 21 heavy (non-hydrogen) atoms. The Morgan fingerprint density at radius 1 is 1.24 bits per heavy atom. The molecule has 3 rings (SSSR count). The third kappa shape index (κ3) is 3.04. The summed E-state index contributed by atoms with van der Waals surface area (Å²) in [7, 11) is 0. The summed E-state index contributed by atoms with van der Waals surface area (Å²) in [4.78, 5) is 0. The van der Waals surface area contributed by atoms with Gasteiger partial charge in [-0.3, -0.25) is 4.68 Å². The molecule has 1 aliphatic heterocycles. The largest absolute Gasteiger partial charge is 0.316 e. The SMILES string of the molecule is C=CCCn1nc(-c2ccc(Cl)cc2)c2c1CCNCC2. The molecule has 110 valence electrons. The Bertz CT molecular complexity index is 628. The molecule has 0 atom stereocenters. The van der Waals surface area contributed by atoms with Crippen LogP contribution in [0, 0.1) is 0 Å². The van der Waals surface area contributed by atoms with E-state index in [4.69, 9.17) is 16.7 Å². The van der Waals surface area contributed by atoms with Gasteiger partial charge in [0.15, 0.2) is 0 Å². The number of halogens is 1. The minimum absolute atomic E-state index is 0.762. The molecule has 0 unspecified atom stereocenters. The van der Waals surface area contributed by atoms with Crippen molar-refractivity contribution < 1.29 is 0 Å². The van der Waals surface area contributed by atoms with E-state index in [9.17, 15) is 0 Å². The molecule has 2 aromatic rings. The first-order valence-electron chi connectivity index (χ1n) is 7.45. The van der Waals surface area contributed by atoms with Gasteiger partial charge >= 0.3 is 0 Å². The van der Waals surface area contributed by atoms with Gasteiger partial charge in [-0.2, -0.15) is 5.10 Å². The van der Waals surface area contributed by atoms with E-state index in [0.717, 1.165) is 55.2 Å². The van der Waals surface area contributed by atoms with E-state index in [2.05, 4.69) is 28.7 Å². The molecule has 4 heteroatoms. The topological polar surface area (TPSA) is 29.9 Å². The Morgan fingerprint density at radius 3 is 2.76 bits per heavy atom. The molecule has 0 spiro atoms. The lowest BCUT2D eigenvalue weighted by Crippen LogP contribution is -2.17. The first-order chi connectivity index (χ1) is 10.3. The normalized spacial score (nSPS) is 14.5. The zero-order chi connectivity index (χ0) is 14.7. The number of hydrogen-bond acceptors (Lipinski definition) is 2. The van der Waals surface area contributed by atoms with Crippen molar-refractivity contribution in [2.24, 2.45) is 0 Å². The van der Waals surface area contributed by atoms with Gasteiger partial charge in [0.2, 0.25) is 0 Å². The Labute approximate surface area is 130 Å². The average molecular weight is 302 g/mol. The Morgan fingerprint density at radius 2 is 2.00 bits per heavy atom. The number of nitrogens with one attached hydrogen (secondary N) is 1. The smallest absolute Gasteiger partial charge is 0.0958 e. The van der Waals surface area contributed by atoms with Crippen LogP contribution in [0.25, 0.3) is 11.3 Å². The lowest BCUT2D eigenvalue weighted by atomic mass is 10.0. The maximum Gasteiger partial charge on any atom is 0.0958 e. The van der Waals surface area contributed by atoms with E-state index < -0.39 is 0 Å². The van der Waals surface area contributed by atoms with Gasteiger partial charge in [0.1, 0.15) is 0 Å². The molecule has 3 nitrogen and oxygen atoms in total. The number of aromatic nitrogens is 2. The van der Waals surface area contributed by atoms with Gasteiger partial charge in [0.25, 0.3) is 0 Å². The van der Waals surface area contributed by atoms with Gasteiger partial charge in [0.05, 0.1) is 5.69 Å². The van der Waals surface area contributed by atoms with Gasteiger partial charge in [-0.05, 0) is 31.5 Å². The highest BCUT2D eigenvalue weighted by Crippen LogP contribution is 2.28. The van der Waals surface area contributed by atoms with Crippen LogP contribution in [0.5, 0.6) is 0 Å². The van der Waals surface area contributed by atoms with Crippen molar-refractivity contribution >= 4 is 11.6 Å². The lowest BCUT2D eigenvalue weighted by Gasteiger charge is -2.05. The van der Waals surface area contributed by atoms with Gasteiger partial charge in [0, 0.05) is 41.4 Å². The van der Waals surface area contributed by atoms with Gasteiger partial charge in [-0.25, -0.2) is 0 Å². The van der Waals surface area contributed by atoms with Crippen LogP contribution in [0.4, 0.5) is 0 Å². The molecule has 1 aromatic carbocycles. The van der Waals surface area contributed by atoms with Crippen LogP contribution in [-0.2, 0) is 19.4 Å². The third-order valence-corrected chi connectivity index (χ3v) is 4.17. The van der Waals surface area contributed by atoms with E-state index in [1.165, 1.54) is 11.3 Å². The second-order valence-corrected chi connectivity index (χ2v) is 5.77. The maximum absolute atomic E-state index is 6.00. The molecule has 1 aromatic heterocycles. The van der Waals surface area contributed by atoms with Crippen molar-refractivity contribution in [2.75, 3.05) is 13.1 Å². The van der Waals surface area contributed by atoms with E-state index in [1.54, 1.807) is 0 Å². The van der Waals surface area contributed by atoms with Crippen molar-refractivity contribution in [3.05, 3.63) is 53.2 Å². The molecule has 0 fully saturated rings. The van der Waals surface area contributed by atoms with Crippen molar-refractivity contribution in [1.82, 2.24) is 15.1 Å².